The maximum Gasteiger partial charge on any atom is 0.152 e. The molecule has 94 valence electrons. The van der Waals surface area contributed by atoms with Crippen molar-refractivity contribution in [1.82, 2.24) is 0 Å². The molecule has 0 aromatic heterocycles. The van der Waals surface area contributed by atoms with Crippen LogP contribution in [0.15, 0.2) is 22.7 Å². The molecular weight excluding hydrogens is 351 g/mol. The number of hydrogen-bond acceptors (Lipinski definition) is 1. The van der Waals surface area contributed by atoms with Crippen molar-refractivity contribution in [1.29, 1.82) is 0 Å². The lowest BCUT2D eigenvalue weighted by molar-refractivity contribution is -0.125. The van der Waals surface area contributed by atoms with Gasteiger partial charge in [-0.2, -0.15) is 0 Å². The van der Waals surface area contributed by atoms with Crippen LogP contribution in [0.5, 0.6) is 0 Å². The summed E-state index contributed by atoms with van der Waals surface area (Å²) in [5.41, 5.74) is 0.110. The first-order chi connectivity index (χ1) is 7.73. The summed E-state index contributed by atoms with van der Waals surface area (Å²) in [5, 5.41) is 0. The number of hydrogen-bond donors (Lipinski definition) is 0. The lowest BCUT2D eigenvalue weighted by atomic mass is 9.87. The van der Waals surface area contributed by atoms with Gasteiger partial charge in [0.2, 0.25) is 0 Å². The van der Waals surface area contributed by atoms with Gasteiger partial charge in [-0.1, -0.05) is 58.7 Å². The maximum absolute atomic E-state index is 13.6. The van der Waals surface area contributed by atoms with Gasteiger partial charge in [-0.05, 0) is 18.6 Å². The molecule has 1 rings (SSSR count). The van der Waals surface area contributed by atoms with Crippen molar-refractivity contribution < 1.29 is 9.18 Å². The van der Waals surface area contributed by atoms with E-state index in [1.165, 1.54) is 6.07 Å². The third-order valence-electron chi connectivity index (χ3n) is 2.47. The van der Waals surface area contributed by atoms with Gasteiger partial charge in [0.15, 0.2) is 5.78 Å². The van der Waals surface area contributed by atoms with E-state index in [0.717, 1.165) is 0 Å². The third-order valence-corrected chi connectivity index (χ3v) is 3.95. The molecule has 4 heteroatoms. The van der Waals surface area contributed by atoms with Gasteiger partial charge < -0.3 is 0 Å². The molecule has 1 atom stereocenters. The van der Waals surface area contributed by atoms with Crippen LogP contribution in [-0.4, -0.2) is 10.6 Å². The van der Waals surface area contributed by atoms with E-state index >= 15 is 0 Å². The number of halogens is 3. The maximum atomic E-state index is 13.6. The van der Waals surface area contributed by atoms with Crippen LogP contribution in [0.1, 0.15) is 26.3 Å². The molecule has 0 N–H and O–H groups in total. The topological polar surface area (TPSA) is 17.1 Å². The summed E-state index contributed by atoms with van der Waals surface area (Å²) in [6.07, 6.45) is 0.351. The van der Waals surface area contributed by atoms with E-state index < -0.39 is 5.41 Å². The fourth-order valence-electron chi connectivity index (χ4n) is 1.47. The molecule has 0 heterocycles. The zero-order chi connectivity index (χ0) is 13.2. The molecule has 0 fully saturated rings. The van der Waals surface area contributed by atoms with Crippen molar-refractivity contribution in [2.24, 2.45) is 5.41 Å². The number of Topliss-reactive ketones (excluding diaryl/α,β-unsaturated/α-hetero) is 1. The zero-order valence-corrected chi connectivity index (χ0v) is 13.2. The molecule has 1 aromatic rings. The normalized spacial score (nSPS) is 13.5. The molecule has 0 radical (unpaired) electrons. The molecule has 1 unspecified atom stereocenters. The number of carbonyl (C=O) groups is 1. The largest absolute Gasteiger partial charge is 0.298 e. The van der Waals surface area contributed by atoms with Gasteiger partial charge in [0.1, 0.15) is 5.82 Å². The lowest BCUT2D eigenvalue weighted by Gasteiger charge is -2.21. The van der Waals surface area contributed by atoms with Crippen molar-refractivity contribution in [2.45, 2.75) is 32.0 Å². The van der Waals surface area contributed by atoms with Crippen LogP contribution in [-0.2, 0) is 11.2 Å². The van der Waals surface area contributed by atoms with E-state index in [1.807, 2.05) is 20.8 Å². The SMILES string of the molecule is CC(C)(C)C(=O)C(Br)Cc1c(F)cccc1Br. The van der Waals surface area contributed by atoms with Gasteiger partial charge >= 0.3 is 0 Å². The van der Waals surface area contributed by atoms with Crippen LogP contribution in [0.25, 0.3) is 0 Å². The second kappa shape index (κ2) is 5.61. The highest BCUT2D eigenvalue weighted by Crippen LogP contribution is 2.27. The zero-order valence-electron chi connectivity index (χ0n) is 10.1. The van der Waals surface area contributed by atoms with Crippen molar-refractivity contribution in [3.8, 4) is 0 Å². The third kappa shape index (κ3) is 3.88. The van der Waals surface area contributed by atoms with Crippen LogP contribution in [0.2, 0.25) is 0 Å². The molecule has 0 saturated heterocycles. The number of ketones is 1. The van der Waals surface area contributed by atoms with E-state index in [4.69, 9.17) is 0 Å². The molecule has 0 amide bonds. The first kappa shape index (κ1) is 14.8. The highest BCUT2D eigenvalue weighted by molar-refractivity contribution is 9.10. The first-order valence-corrected chi connectivity index (χ1v) is 7.05. The van der Waals surface area contributed by atoms with E-state index in [1.54, 1.807) is 12.1 Å². The van der Waals surface area contributed by atoms with Crippen LogP contribution >= 0.6 is 31.9 Å². The Morgan fingerprint density at radius 2 is 2.00 bits per heavy atom. The Balaban J connectivity index is 2.89. The summed E-state index contributed by atoms with van der Waals surface area (Å²) in [5.74, 6) is -0.210. The highest BCUT2D eigenvalue weighted by atomic mass is 79.9. The number of carbonyl (C=O) groups excluding carboxylic acids is 1. The second-order valence-corrected chi connectivity index (χ2v) is 6.95. The molecule has 0 aliphatic carbocycles. The average Bonchev–Trinajstić information content (AvgIpc) is 2.21. The van der Waals surface area contributed by atoms with Crippen molar-refractivity contribution in [3.63, 3.8) is 0 Å². The van der Waals surface area contributed by atoms with Crippen molar-refractivity contribution in [3.05, 3.63) is 34.1 Å². The van der Waals surface area contributed by atoms with Crippen LogP contribution in [0.3, 0.4) is 0 Å². The van der Waals surface area contributed by atoms with Gasteiger partial charge in [0.25, 0.3) is 0 Å². The minimum Gasteiger partial charge on any atom is -0.298 e. The minimum absolute atomic E-state index is 0.0765. The number of alkyl halides is 1. The molecule has 0 saturated carbocycles. The fourth-order valence-corrected chi connectivity index (χ4v) is 2.98. The standard InChI is InChI=1S/C13H15Br2FO/c1-13(2,3)12(17)10(15)7-8-9(14)5-4-6-11(8)16/h4-6,10H,7H2,1-3H3. The Labute approximate surface area is 118 Å². The fraction of sp³-hybridized carbons (Fsp3) is 0.462. The predicted molar refractivity (Wildman–Crippen MR) is 75.0 cm³/mol. The Hall–Kier alpha value is -0.220. The van der Waals surface area contributed by atoms with Crippen LogP contribution < -0.4 is 0 Å². The predicted octanol–water partition coefficient (Wildman–Crippen LogP) is 4.51. The van der Waals surface area contributed by atoms with E-state index in [9.17, 15) is 9.18 Å². The number of rotatable bonds is 3. The van der Waals surface area contributed by atoms with Gasteiger partial charge in [-0.3, -0.25) is 4.79 Å². The Bertz CT molecular complexity index is 404. The molecule has 0 aliphatic heterocycles. The smallest absolute Gasteiger partial charge is 0.152 e. The van der Waals surface area contributed by atoms with Crippen LogP contribution in [0, 0.1) is 11.2 Å². The van der Waals surface area contributed by atoms with Gasteiger partial charge in [0, 0.05) is 15.5 Å². The molecule has 0 bridgehead atoms. The molecule has 1 aromatic carbocycles. The monoisotopic (exact) mass is 364 g/mol. The lowest BCUT2D eigenvalue weighted by Crippen LogP contribution is -2.30. The molecule has 1 nitrogen and oxygen atoms in total. The van der Waals surface area contributed by atoms with E-state index in [2.05, 4.69) is 31.9 Å². The Morgan fingerprint density at radius 3 is 2.47 bits per heavy atom. The van der Waals surface area contributed by atoms with E-state index in [-0.39, 0.29) is 16.4 Å². The molecule has 0 aliphatic rings. The van der Waals surface area contributed by atoms with Gasteiger partial charge in [-0.15, -0.1) is 0 Å². The molecular formula is C13H15Br2FO. The summed E-state index contributed by atoms with van der Waals surface area (Å²) in [6.45, 7) is 5.58. The molecule has 17 heavy (non-hydrogen) atoms. The Morgan fingerprint density at radius 1 is 1.41 bits per heavy atom. The molecule has 0 spiro atoms. The summed E-state index contributed by atoms with van der Waals surface area (Å²) in [6, 6.07) is 4.82. The first-order valence-electron chi connectivity index (χ1n) is 5.34. The minimum atomic E-state index is -0.425. The van der Waals surface area contributed by atoms with E-state index in [0.29, 0.717) is 16.5 Å². The second-order valence-electron chi connectivity index (χ2n) is 4.99. The summed E-state index contributed by atoms with van der Waals surface area (Å²) in [7, 11) is 0. The van der Waals surface area contributed by atoms with Crippen LogP contribution in [0.4, 0.5) is 4.39 Å². The quantitative estimate of drug-likeness (QED) is 0.720. The van der Waals surface area contributed by atoms with Crippen molar-refractivity contribution in [2.75, 3.05) is 0 Å². The Kier molecular flexibility index (Phi) is 4.90. The average molecular weight is 366 g/mol. The summed E-state index contributed by atoms with van der Waals surface area (Å²) >= 11 is 6.65. The summed E-state index contributed by atoms with van der Waals surface area (Å²) in [4.78, 5) is 11.6. The van der Waals surface area contributed by atoms with Crippen molar-refractivity contribution >= 4 is 37.6 Å². The highest BCUT2D eigenvalue weighted by Gasteiger charge is 2.28. The summed E-state index contributed by atoms with van der Waals surface area (Å²) < 4.78 is 14.3. The van der Waals surface area contributed by atoms with Gasteiger partial charge in [0.05, 0.1) is 4.83 Å². The number of benzene rings is 1. The van der Waals surface area contributed by atoms with Gasteiger partial charge in [-0.25, -0.2) is 4.39 Å².